The van der Waals surface area contributed by atoms with Gasteiger partial charge in [-0.15, -0.1) is 0 Å². The number of nitrogens with zero attached hydrogens (tertiary/aromatic N) is 4. The summed E-state index contributed by atoms with van der Waals surface area (Å²) in [5.41, 5.74) is -0.929. The summed E-state index contributed by atoms with van der Waals surface area (Å²) in [5.74, 6) is 0.488. The van der Waals surface area contributed by atoms with Gasteiger partial charge in [0.25, 0.3) is 0 Å². The highest BCUT2D eigenvalue weighted by molar-refractivity contribution is 5.76. The van der Waals surface area contributed by atoms with Gasteiger partial charge in [-0.3, -0.25) is 4.79 Å². The van der Waals surface area contributed by atoms with Crippen molar-refractivity contribution in [3.05, 3.63) is 18.0 Å². The molecular formula is C16H21F3N4O2. The van der Waals surface area contributed by atoms with Crippen LogP contribution in [0.5, 0.6) is 0 Å². The predicted molar refractivity (Wildman–Crippen MR) is 84.0 cm³/mol. The van der Waals surface area contributed by atoms with Gasteiger partial charge < -0.3 is 14.5 Å². The Morgan fingerprint density at radius 3 is 2.52 bits per heavy atom. The number of halogens is 3. The molecule has 1 aromatic rings. The average Bonchev–Trinajstić information content (AvgIpc) is 2.62. The zero-order valence-electron chi connectivity index (χ0n) is 13.8. The maximum Gasteiger partial charge on any atom is 0.433 e. The third kappa shape index (κ3) is 4.59. The predicted octanol–water partition coefficient (Wildman–Crippen LogP) is 1.96. The van der Waals surface area contributed by atoms with E-state index in [0.29, 0.717) is 45.8 Å². The van der Waals surface area contributed by atoms with E-state index in [9.17, 15) is 18.0 Å². The summed E-state index contributed by atoms with van der Waals surface area (Å²) in [6.45, 7) is 3.55. The number of carbonyl (C=O) groups is 1. The number of piperidine rings is 1. The van der Waals surface area contributed by atoms with Crippen molar-refractivity contribution in [1.82, 2.24) is 14.9 Å². The molecule has 0 bridgehead atoms. The van der Waals surface area contributed by atoms with Crippen LogP contribution in [0, 0.1) is 5.92 Å². The second kappa shape index (κ2) is 7.55. The molecule has 2 aliphatic rings. The molecule has 2 saturated heterocycles. The topological polar surface area (TPSA) is 58.6 Å². The Balaban J connectivity index is 1.52. The smallest absolute Gasteiger partial charge is 0.378 e. The molecular weight excluding hydrogens is 337 g/mol. The first-order valence-electron chi connectivity index (χ1n) is 8.44. The molecule has 9 heteroatoms. The summed E-state index contributed by atoms with van der Waals surface area (Å²) < 4.78 is 43.5. The molecule has 0 spiro atoms. The van der Waals surface area contributed by atoms with Crippen molar-refractivity contribution in [2.75, 3.05) is 44.3 Å². The van der Waals surface area contributed by atoms with Crippen LogP contribution in [0.3, 0.4) is 0 Å². The highest BCUT2D eigenvalue weighted by Gasteiger charge is 2.33. The Morgan fingerprint density at radius 1 is 1.20 bits per heavy atom. The zero-order chi connectivity index (χ0) is 17.9. The minimum absolute atomic E-state index is 0.104. The monoisotopic (exact) mass is 358 g/mol. The van der Waals surface area contributed by atoms with Crippen molar-refractivity contribution < 1.29 is 22.7 Å². The summed E-state index contributed by atoms with van der Waals surface area (Å²) in [6, 6.07) is 0.872. The normalized spacial score (nSPS) is 20.0. The van der Waals surface area contributed by atoms with Gasteiger partial charge in [0, 0.05) is 38.8 Å². The van der Waals surface area contributed by atoms with Gasteiger partial charge >= 0.3 is 6.18 Å². The van der Waals surface area contributed by atoms with Crippen LogP contribution in [0.4, 0.5) is 19.1 Å². The molecule has 25 heavy (non-hydrogen) atoms. The van der Waals surface area contributed by atoms with Gasteiger partial charge in [0.15, 0.2) is 0 Å². The first-order chi connectivity index (χ1) is 11.9. The fourth-order valence-corrected chi connectivity index (χ4v) is 3.18. The van der Waals surface area contributed by atoms with E-state index in [0.717, 1.165) is 25.1 Å². The number of hydrogen-bond acceptors (Lipinski definition) is 5. The highest BCUT2D eigenvalue weighted by atomic mass is 19.4. The van der Waals surface area contributed by atoms with Crippen molar-refractivity contribution in [2.24, 2.45) is 5.92 Å². The Labute approximate surface area is 144 Å². The molecule has 6 nitrogen and oxygen atoms in total. The molecule has 138 valence electrons. The molecule has 3 heterocycles. The Hall–Kier alpha value is -1.90. The van der Waals surface area contributed by atoms with Gasteiger partial charge in [0.2, 0.25) is 11.9 Å². The molecule has 0 aromatic carbocycles. The molecule has 2 aliphatic heterocycles. The molecule has 3 rings (SSSR count). The SMILES string of the molecule is O=C(CC1CCN(c2nccc(C(F)(F)F)n2)CC1)N1CCOCC1. The van der Waals surface area contributed by atoms with Crippen molar-refractivity contribution in [3.63, 3.8) is 0 Å². The summed E-state index contributed by atoms with van der Waals surface area (Å²) in [5, 5.41) is 0. The van der Waals surface area contributed by atoms with Gasteiger partial charge in [-0.25, -0.2) is 9.97 Å². The summed E-state index contributed by atoms with van der Waals surface area (Å²) in [7, 11) is 0. The van der Waals surface area contributed by atoms with Crippen LogP contribution in [0.2, 0.25) is 0 Å². The van der Waals surface area contributed by atoms with E-state index in [1.165, 1.54) is 0 Å². The summed E-state index contributed by atoms with van der Waals surface area (Å²) in [4.78, 5) is 23.4. The van der Waals surface area contributed by atoms with Gasteiger partial charge in [-0.2, -0.15) is 13.2 Å². The molecule has 1 aromatic heterocycles. The number of aromatic nitrogens is 2. The van der Waals surface area contributed by atoms with E-state index in [-0.39, 0.29) is 17.8 Å². The van der Waals surface area contributed by atoms with Crippen LogP contribution in [-0.2, 0) is 15.7 Å². The van der Waals surface area contributed by atoms with E-state index < -0.39 is 11.9 Å². The summed E-state index contributed by atoms with van der Waals surface area (Å²) >= 11 is 0. The van der Waals surface area contributed by atoms with E-state index in [1.807, 2.05) is 4.90 Å². The standard InChI is InChI=1S/C16H21F3N4O2/c17-16(18,19)13-1-4-20-15(21-13)23-5-2-12(3-6-23)11-14(24)22-7-9-25-10-8-22/h1,4,12H,2-3,5-11H2. The molecule has 0 saturated carbocycles. The van der Waals surface area contributed by atoms with E-state index >= 15 is 0 Å². The lowest BCUT2D eigenvalue weighted by atomic mass is 9.93. The summed E-state index contributed by atoms with van der Waals surface area (Å²) in [6.07, 6.45) is -1.36. The maximum absolute atomic E-state index is 12.8. The van der Waals surface area contributed by atoms with E-state index in [4.69, 9.17) is 4.74 Å². The Bertz CT molecular complexity index is 597. The Morgan fingerprint density at radius 2 is 1.88 bits per heavy atom. The zero-order valence-corrected chi connectivity index (χ0v) is 13.8. The molecule has 2 fully saturated rings. The molecule has 0 unspecified atom stereocenters. The van der Waals surface area contributed by atoms with Crippen LogP contribution in [-0.4, -0.2) is 60.2 Å². The minimum Gasteiger partial charge on any atom is -0.378 e. The van der Waals surface area contributed by atoms with Crippen LogP contribution in [0.1, 0.15) is 25.0 Å². The van der Waals surface area contributed by atoms with E-state index in [2.05, 4.69) is 9.97 Å². The van der Waals surface area contributed by atoms with Gasteiger partial charge in [-0.1, -0.05) is 0 Å². The second-order valence-corrected chi connectivity index (χ2v) is 6.37. The third-order valence-electron chi connectivity index (χ3n) is 4.66. The Kier molecular flexibility index (Phi) is 5.41. The van der Waals surface area contributed by atoms with Crippen LogP contribution in [0.15, 0.2) is 12.3 Å². The van der Waals surface area contributed by atoms with Crippen LogP contribution < -0.4 is 4.90 Å². The number of alkyl halides is 3. The highest BCUT2D eigenvalue weighted by Crippen LogP contribution is 2.29. The third-order valence-corrected chi connectivity index (χ3v) is 4.66. The number of rotatable bonds is 3. The number of amides is 1. The van der Waals surface area contributed by atoms with Gasteiger partial charge in [-0.05, 0) is 24.8 Å². The lowest BCUT2D eigenvalue weighted by Crippen LogP contribution is -2.42. The lowest BCUT2D eigenvalue weighted by Gasteiger charge is -2.33. The lowest BCUT2D eigenvalue weighted by molar-refractivity contribution is -0.141. The average molecular weight is 358 g/mol. The van der Waals surface area contributed by atoms with Crippen molar-refractivity contribution in [3.8, 4) is 0 Å². The fraction of sp³-hybridized carbons (Fsp3) is 0.688. The molecule has 0 atom stereocenters. The fourth-order valence-electron chi connectivity index (χ4n) is 3.18. The van der Waals surface area contributed by atoms with Crippen molar-refractivity contribution in [1.29, 1.82) is 0 Å². The first-order valence-corrected chi connectivity index (χ1v) is 8.44. The number of ether oxygens (including phenoxy) is 1. The second-order valence-electron chi connectivity index (χ2n) is 6.37. The van der Waals surface area contributed by atoms with Crippen LogP contribution >= 0.6 is 0 Å². The van der Waals surface area contributed by atoms with Gasteiger partial charge in [0.1, 0.15) is 5.69 Å². The number of morpholine rings is 1. The first kappa shape index (κ1) is 17.9. The van der Waals surface area contributed by atoms with Gasteiger partial charge in [0.05, 0.1) is 13.2 Å². The molecule has 0 N–H and O–H groups in total. The quantitative estimate of drug-likeness (QED) is 0.827. The molecule has 0 aliphatic carbocycles. The molecule has 0 radical (unpaired) electrons. The number of anilines is 1. The van der Waals surface area contributed by atoms with Crippen molar-refractivity contribution >= 4 is 11.9 Å². The van der Waals surface area contributed by atoms with Crippen molar-refractivity contribution in [2.45, 2.75) is 25.4 Å². The minimum atomic E-state index is -4.47. The molecule has 1 amide bonds. The number of carbonyl (C=O) groups excluding carboxylic acids is 1. The maximum atomic E-state index is 12.8. The number of hydrogen-bond donors (Lipinski definition) is 0. The largest absolute Gasteiger partial charge is 0.433 e. The van der Waals surface area contributed by atoms with E-state index in [1.54, 1.807) is 4.90 Å². The van der Waals surface area contributed by atoms with Crippen LogP contribution in [0.25, 0.3) is 0 Å².